The standard InChI is InChI=1S/C23H24N2O8/c1-4-19(26)30-12-10-24-22(28)32-17-9-8-16-7-6-15(3)21(18(16)14-17)33-23(29)25-11-13-31-20(27)5-2/h4-9,14H,1-2,10-13H2,3H3,(H,24,28)(H,25,29). The third-order valence-electron chi connectivity index (χ3n) is 4.11. The van der Waals surface area contributed by atoms with Crippen molar-refractivity contribution in [3.63, 3.8) is 0 Å². The van der Waals surface area contributed by atoms with E-state index in [1.54, 1.807) is 31.2 Å². The van der Waals surface area contributed by atoms with Crippen LogP contribution >= 0.6 is 0 Å². The lowest BCUT2D eigenvalue weighted by Crippen LogP contribution is -2.30. The second-order valence-electron chi connectivity index (χ2n) is 6.47. The van der Waals surface area contributed by atoms with Crippen LogP contribution in [-0.4, -0.2) is 50.4 Å². The zero-order valence-corrected chi connectivity index (χ0v) is 18.1. The van der Waals surface area contributed by atoms with Crippen molar-refractivity contribution in [2.24, 2.45) is 0 Å². The number of carbonyl (C=O) groups is 4. The molecule has 0 unspecified atom stereocenters. The molecule has 33 heavy (non-hydrogen) atoms. The molecule has 0 atom stereocenters. The molecule has 174 valence electrons. The van der Waals surface area contributed by atoms with E-state index in [-0.39, 0.29) is 37.8 Å². The van der Waals surface area contributed by atoms with Crippen LogP contribution in [0, 0.1) is 6.92 Å². The van der Waals surface area contributed by atoms with Gasteiger partial charge in [-0.2, -0.15) is 0 Å². The second kappa shape index (κ2) is 12.5. The Hall–Kier alpha value is -4.34. The highest BCUT2D eigenvalue weighted by Gasteiger charge is 2.13. The summed E-state index contributed by atoms with van der Waals surface area (Å²) < 4.78 is 20.2. The number of aryl methyl sites for hydroxylation is 1. The zero-order valence-electron chi connectivity index (χ0n) is 18.1. The van der Waals surface area contributed by atoms with Crippen LogP contribution in [0.1, 0.15) is 5.56 Å². The third kappa shape index (κ3) is 8.02. The van der Waals surface area contributed by atoms with Gasteiger partial charge in [0.05, 0.1) is 13.1 Å². The van der Waals surface area contributed by atoms with Gasteiger partial charge in [0.1, 0.15) is 24.7 Å². The summed E-state index contributed by atoms with van der Waals surface area (Å²) in [5.41, 5.74) is 0.682. The minimum Gasteiger partial charge on any atom is -0.461 e. The summed E-state index contributed by atoms with van der Waals surface area (Å²) in [6, 6.07) is 8.49. The molecule has 2 rings (SSSR count). The van der Waals surface area contributed by atoms with E-state index in [0.717, 1.165) is 17.5 Å². The minimum absolute atomic E-state index is 0.0310. The number of hydrogen-bond donors (Lipinski definition) is 2. The summed E-state index contributed by atoms with van der Waals surface area (Å²) in [4.78, 5) is 46.1. The van der Waals surface area contributed by atoms with Crippen LogP contribution in [0.3, 0.4) is 0 Å². The Morgan fingerprint density at radius 1 is 0.848 bits per heavy atom. The molecule has 10 nitrogen and oxygen atoms in total. The Balaban J connectivity index is 2.01. The number of carbonyl (C=O) groups excluding carboxylic acids is 4. The maximum absolute atomic E-state index is 12.2. The maximum atomic E-state index is 12.2. The average molecular weight is 456 g/mol. The molecule has 0 fully saturated rings. The summed E-state index contributed by atoms with van der Waals surface area (Å²) in [5.74, 6) is -0.681. The van der Waals surface area contributed by atoms with E-state index in [0.29, 0.717) is 10.9 Å². The molecule has 2 aromatic rings. The van der Waals surface area contributed by atoms with Crippen LogP contribution in [0.5, 0.6) is 11.5 Å². The highest BCUT2D eigenvalue weighted by atomic mass is 16.6. The second-order valence-corrected chi connectivity index (χ2v) is 6.47. The minimum atomic E-state index is -0.745. The van der Waals surface area contributed by atoms with Crippen LogP contribution in [0.2, 0.25) is 0 Å². The fraction of sp³-hybridized carbons (Fsp3) is 0.217. The van der Waals surface area contributed by atoms with Crippen molar-refractivity contribution < 1.29 is 38.1 Å². The zero-order chi connectivity index (χ0) is 24.2. The number of nitrogens with one attached hydrogen (secondary N) is 2. The van der Waals surface area contributed by atoms with Gasteiger partial charge in [-0.15, -0.1) is 0 Å². The van der Waals surface area contributed by atoms with Gasteiger partial charge < -0.3 is 29.6 Å². The van der Waals surface area contributed by atoms with Gasteiger partial charge >= 0.3 is 24.1 Å². The summed E-state index contributed by atoms with van der Waals surface area (Å²) in [6.07, 6.45) is 0.562. The van der Waals surface area contributed by atoms with Gasteiger partial charge in [0.25, 0.3) is 0 Å². The molecule has 0 spiro atoms. The molecule has 0 bridgehead atoms. The smallest absolute Gasteiger partial charge is 0.412 e. The molecule has 0 radical (unpaired) electrons. The predicted molar refractivity (Wildman–Crippen MR) is 119 cm³/mol. The fourth-order valence-corrected chi connectivity index (χ4v) is 2.58. The van der Waals surface area contributed by atoms with Crippen LogP contribution in [0.4, 0.5) is 9.59 Å². The van der Waals surface area contributed by atoms with Crippen LogP contribution in [0.15, 0.2) is 55.6 Å². The highest BCUT2D eigenvalue weighted by Crippen LogP contribution is 2.32. The summed E-state index contributed by atoms with van der Waals surface area (Å²) in [7, 11) is 0. The van der Waals surface area contributed by atoms with Gasteiger partial charge in [0.2, 0.25) is 0 Å². The number of amides is 2. The molecule has 2 amide bonds. The number of fused-ring (bicyclic) bond motifs is 1. The SMILES string of the molecule is C=CC(=O)OCCNC(=O)Oc1ccc2ccc(C)c(OC(=O)NCCOC(=O)C=C)c2c1. The van der Waals surface area contributed by atoms with E-state index >= 15 is 0 Å². The van der Waals surface area contributed by atoms with Crippen molar-refractivity contribution in [3.8, 4) is 11.5 Å². The molecule has 0 aliphatic heterocycles. The Morgan fingerprint density at radius 3 is 1.97 bits per heavy atom. The third-order valence-corrected chi connectivity index (χ3v) is 4.11. The largest absolute Gasteiger partial charge is 0.461 e. The molecule has 0 heterocycles. The van der Waals surface area contributed by atoms with Gasteiger partial charge in [-0.25, -0.2) is 19.2 Å². The summed E-state index contributed by atoms with van der Waals surface area (Å²) in [6.45, 7) is 8.36. The van der Waals surface area contributed by atoms with Crippen molar-refractivity contribution in [2.75, 3.05) is 26.3 Å². The number of rotatable bonds is 10. The number of benzene rings is 2. The lowest BCUT2D eigenvalue weighted by molar-refractivity contribution is -0.138. The van der Waals surface area contributed by atoms with E-state index in [1.165, 1.54) is 0 Å². The van der Waals surface area contributed by atoms with Gasteiger partial charge in [-0.3, -0.25) is 0 Å². The molecule has 10 heteroatoms. The Labute approximate surface area is 190 Å². The van der Waals surface area contributed by atoms with Crippen molar-refractivity contribution >= 4 is 34.9 Å². The Kier molecular flexibility index (Phi) is 9.44. The molecular formula is C23H24N2O8. The monoisotopic (exact) mass is 456 g/mol. The van der Waals surface area contributed by atoms with Crippen LogP contribution < -0.4 is 20.1 Å². The summed E-state index contributed by atoms with van der Waals surface area (Å²) >= 11 is 0. The number of esters is 2. The molecule has 0 aliphatic carbocycles. The topological polar surface area (TPSA) is 129 Å². The molecule has 0 saturated heterocycles. The van der Waals surface area contributed by atoms with E-state index in [4.69, 9.17) is 18.9 Å². The average Bonchev–Trinajstić information content (AvgIpc) is 2.81. The van der Waals surface area contributed by atoms with E-state index in [1.807, 2.05) is 6.07 Å². The molecule has 2 aromatic carbocycles. The molecule has 2 N–H and O–H groups in total. The first kappa shape index (κ1) is 24.9. The fourth-order valence-electron chi connectivity index (χ4n) is 2.58. The number of ether oxygens (including phenoxy) is 4. The molecule has 0 saturated carbocycles. The maximum Gasteiger partial charge on any atom is 0.412 e. The lowest BCUT2D eigenvalue weighted by Gasteiger charge is -2.13. The van der Waals surface area contributed by atoms with Gasteiger partial charge in [-0.05, 0) is 30.0 Å². The van der Waals surface area contributed by atoms with Crippen molar-refractivity contribution in [2.45, 2.75) is 6.92 Å². The van der Waals surface area contributed by atoms with Crippen molar-refractivity contribution in [1.82, 2.24) is 10.6 Å². The first-order chi connectivity index (χ1) is 15.8. The Bertz CT molecular complexity index is 1060. The van der Waals surface area contributed by atoms with Crippen molar-refractivity contribution in [1.29, 1.82) is 0 Å². The molecule has 0 aliphatic rings. The van der Waals surface area contributed by atoms with Gasteiger partial charge in [-0.1, -0.05) is 31.4 Å². The van der Waals surface area contributed by atoms with Crippen LogP contribution in [-0.2, 0) is 19.1 Å². The van der Waals surface area contributed by atoms with Crippen LogP contribution in [0.25, 0.3) is 10.8 Å². The normalized spacial score (nSPS) is 9.97. The molecule has 0 aromatic heterocycles. The van der Waals surface area contributed by atoms with E-state index in [2.05, 4.69) is 23.8 Å². The van der Waals surface area contributed by atoms with Crippen molar-refractivity contribution in [3.05, 3.63) is 61.2 Å². The summed E-state index contributed by atoms with van der Waals surface area (Å²) in [5, 5.41) is 6.23. The quantitative estimate of drug-likeness (QED) is 0.317. The predicted octanol–water partition coefficient (Wildman–Crippen LogP) is 2.78. The first-order valence-corrected chi connectivity index (χ1v) is 9.87. The van der Waals surface area contributed by atoms with Gasteiger partial charge in [0, 0.05) is 17.5 Å². The molecular weight excluding hydrogens is 432 g/mol. The van der Waals surface area contributed by atoms with Gasteiger partial charge in [0.15, 0.2) is 0 Å². The van der Waals surface area contributed by atoms with E-state index < -0.39 is 24.1 Å². The lowest BCUT2D eigenvalue weighted by atomic mass is 10.1. The van der Waals surface area contributed by atoms with E-state index in [9.17, 15) is 19.2 Å². The highest BCUT2D eigenvalue weighted by molar-refractivity contribution is 5.93. The Morgan fingerprint density at radius 2 is 1.39 bits per heavy atom. The number of hydrogen-bond acceptors (Lipinski definition) is 8. The first-order valence-electron chi connectivity index (χ1n) is 9.87.